The van der Waals surface area contributed by atoms with Gasteiger partial charge in [-0.2, -0.15) is 18.3 Å². The highest BCUT2D eigenvalue weighted by atomic mass is 19.4. The van der Waals surface area contributed by atoms with Crippen molar-refractivity contribution in [2.75, 3.05) is 18.0 Å². The Morgan fingerprint density at radius 3 is 2.48 bits per heavy atom. The zero-order valence-corrected chi connectivity index (χ0v) is 16.7. The van der Waals surface area contributed by atoms with Crippen LogP contribution in [0, 0.1) is 6.92 Å². The molecule has 4 aromatic rings. The Morgan fingerprint density at radius 1 is 0.968 bits per heavy atom. The van der Waals surface area contributed by atoms with Crippen LogP contribution in [0.1, 0.15) is 35.8 Å². The van der Waals surface area contributed by atoms with Gasteiger partial charge < -0.3 is 4.90 Å². The number of rotatable bonds is 3. The highest BCUT2D eigenvalue weighted by Crippen LogP contribution is 2.32. The lowest BCUT2D eigenvalue weighted by atomic mass is 9.97. The molecule has 1 saturated heterocycles. The summed E-state index contributed by atoms with van der Waals surface area (Å²) in [5.74, 6) is 1.79. The first-order valence-corrected chi connectivity index (χ1v) is 9.92. The largest absolute Gasteiger partial charge is 0.417 e. The van der Waals surface area contributed by atoms with Gasteiger partial charge in [-0.3, -0.25) is 4.40 Å². The number of alkyl halides is 3. The zero-order chi connectivity index (χ0) is 21.6. The van der Waals surface area contributed by atoms with Gasteiger partial charge >= 0.3 is 6.18 Å². The third-order valence-electron chi connectivity index (χ3n) is 5.46. The van der Waals surface area contributed by atoms with Gasteiger partial charge in [0.15, 0.2) is 17.3 Å². The molecule has 1 aliphatic rings. The summed E-state index contributed by atoms with van der Waals surface area (Å²) in [7, 11) is 0. The zero-order valence-electron chi connectivity index (χ0n) is 16.7. The van der Waals surface area contributed by atoms with Crippen LogP contribution in [0.4, 0.5) is 19.0 Å². The van der Waals surface area contributed by atoms with Gasteiger partial charge in [0, 0.05) is 31.4 Å². The lowest BCUT2D eigenvalue weighted by Crippen LogP contribution is -2.35. The molecule has 0 spiro atoms. The summed E-state index contributed by atoms with van der Waals surface area (Å²) in [5, 5.41) is 21.2. The molecule has 0 aromatic carbocycles. The molecule has 0 amide bonds. The van der Waals surface area contributed by atoms with Crippen molar-refractivity contribution in [3.05, 3.63) is 59.8 Å². The molecule has 1 unspecified atom stereocenters. The van der Waals surface area contributed by atoms with Gasteiger partial charge in [-0.15, -0.1) is 20.4 Å². The van der Waals surface area contributed by atoms with Crippen LogP contribution in [0.3, 0.4) is 0 Å². The molecule has 0 aliphatic carbocycles. The predicted octanol–water partition coefficient (Wildman–Crippen LogP) is 3.42. The van der Waals surface area contributed by atoms with E-state index in [-0.39, 0.29) is 5.92 Å². The second kappa shape index (κ2) is 7.33. The molecule has 1 aliphatic heterocycles. The normalized spacial score (nSPS) is 17.4. The van der Waals surface area contributed by atoms with Gasteiger partial charge in [0.25, 0.3) is 0 Å². The fourth-order valence-electron chi connectivity index (χ4n) is 3.90. The van der Waals surface area contributed by atoms with Crippen molar-refractivity contribution in [1.29, 1.82) is 0 Å². The highest BCUT2D eigenvalue weighted by molar-refractivity contribution is 5.43. The molecule has 5 heterocycles. The van der Waals surface area contributed by atoms with Crippen molar-refractivity contribution >= 4 is 11.5 Å². The van der Waals surface area contributed by atoms with Crippen molar-refractivity contribution < 1.29 is 13.2 Å². The van der Waals surface area contributed by atoms with E-state index < -0.39 is 11.7 Å². The first kappa shape index (κ1) is 19.5. The van der Waals surface area contributed by atoms with Crippen LogP contribution < -0.4 is 4.90 Å². The van der Waals surface area contributed by atoms with E-state index in [1.807, 2.05) is 31.3 Å². The molecule has 0 bridgehead atoms. The standard InChI is InChI=1S/C20H19F3N8/c1-13-8-10-31(28-13)18-7-6-16(24-26-18)29-9-2-3-14(11-29)19-27-25-17-5-4-15(12-30(17)19)20(21,22)23/h4-8,10,12,14H,2-3,9,11H2,1H3. The SMILES string of the molecule is Cc1ccn(-c2ccc(N3CCCC(c4nnc5ccc(C(F)(F)F)cn45)C3)nn2)n1. The first-order valence-electron chi connectivity index (χ1n) is 9.92. The molecule has 0 saturated carbocycles. The van der Waals surface area contributed by atoms with Gasteiger partial charge in [0.05, 0.1) is 11.3 Å². The Kier molecular flexibility index (Phi) is 4.60. The predicted molar refractivity (Wildman–Crippen MR) is 106 cm³/mol. The van der Waals surface area contributed by atoms with Crippen molar-refractivity contribution in [2.24, 2.45) is 0 Å². The average molecular weight is 428 g/mol. The van der Waals surface area contributed by atoms with E-state index in [9.17, 15) is 13.2 Å². The number of halogens is 3. The van der Waals surface area contributed by atoms with Gasteiger partial charge in [-0.05, 0) is 50.1 Å². The minimum atomic E-state index is -4.42. The van der Waals surface area contributed by atoms with Crippen molar-refractivity contribution in [3.8, 4) is 5.82 Å². The van der Waals surface area contributed by atoms with E-state index >= 15 is 0 Å². The summed E-state index contributed by atoms with van der Waals surface area (Å²) in [5.41, 5.74) is 0.571. The number of piperidine rings is 1. The third-order valence-corrected chi connectivity index (χ3v) is 5.46. The van der Waals surface area contributed by atoms with Crippen LogP contribution in [-0.4, -0.2) is 47.7 Å². The number of pyridine rings is 1. The van der Waals surface area contributed by atoms with E-state index in [0.29, 0.717) is 29.7 Å². The highest BCUT2D eigenvalue weighted by Gasteiger charge is 2.32. The Morgan fingerprint density at radius 2 is 1.77 bits per heavy atom. The van der Waals surface area contributed by atoms with Gasteiger partial charge in [0.1, 0.15) is 5.82 Å². The van der Waals surface area contributed by atoms with Gasteiger partial charge in [0.2, 0.25) is 0 Å². The maximum absolute atomic E-state index is 13.2. The van der Waals surface area contributed by atoms with Crippen LogP contribution in [0.15, 0.2) is 42.7 Å². The first-order chi connectivity index (χ1) is 14.9. The van der Waals surface area contributed by atoms with Crippen molar-refractivity contribution in [2.45, 2.75) is 31.9 Å². The maximum Gasteiger partial charge on any atom is 0.417 e. The smallest absolute Gasteiger partial charge is 0.354 e. The van der Waals surface area contributed by atoms with E-state index in [1.165, 1.54) is 10.5 Å². The van der Waals surface area contributed by atoms with Gasteiger partial charge in [-0.1, -0.05) is 0 Å². The van der Waals surface area contributed by atoms with Crippen LogP contribution in [0.25, 0.3) is 11.5 Å². The molecule has 11 heteroatoms. The fraction of sp³-hybridized carbons (Fsp3) is 0.350. The molecule has 0 N–H and O–H groups in total. The lowest BCUT2D eigenvalue weighted by molar-refractivity contribution is -0.137. The van der Waals surface area contributed by atoms with Gasteiger partial charge in [-0.25, -0.2) is 4.68 Å². The topological polar surface area (TPSA) is 77.0 Å². The summed E-state index contributed by atoms with van der Waals surface area (Å²) >= 11 is 0. The van der Waals surface area contributed by atoms with E-state index in [1.54, 1.807) is 4.68 Å². The number of aryl methyl sites for hydroxylation is 1. The Hall–Kier alpha value is -3.50. The lowest BCUT2D eigenvalue weighted by Gasteiger charge is -2.32. The van der Waals surface area contributed by atoms with Crippen LogP contribution in [0.5, 0.6) is 0 Å². The number of aromatic nitrogens is 7. The summed E-state index contributed by atoms with van der Waals surface area (Å²) in [4.78, 5) is 2.08. The summed E-state index contributed by atoms with van der Waals surface area (Å²) in [6.45, 7) is 3.26. The Balaban J connectivity index is 1.39. The molecule has 1 fully saturated rings. The minimum Gasteiger partial charge on any atom is -0.354 e. The number of hydrogen-bond donors (Lipinski definition) is 0. The van der Waals surface area contributed by atoms with Crippen molar-refractivity contribution in [1.82, 2.24) is 34.6 Å². The average Bonchev–Trinajstić information content (AvgIpc) is 3.39. The molecule has 4 aromatic heterocycles. The molecule has 8 nitrogen and oxygen atoms in total. The van der Waals surface area contributed by atoms with E-state index in [0.717, 1.165) is 37.3 Å². The minimum absolute atomic E-state index is 0.0672. The number of anilines is 1. The quantitative estimate of drug-likeness (QED) is 0.498. The van der Waals surface area contributed by atoms with Crippen molar-refractivity contribution in [3.63, 3.8) is 0 Å². The second-order valence-electron chi connectivity index (χ2n) is 7.64. The molecule has 1 atom stereocenters. The molecule has 31 heavy (non-hydrogen) atoms. The van der Waals surface area contributed by atoms with Crippen LogP contribution in [0.2, 0.25) is 0 Å². The monoisotopic (exact) mass is 428 g/mol. The summed E-state index contributed by atoms with van der Waals surface area (Å²) in [6.07, 6.45) is 0.149. The number of hydrogen-bond acceptors (Lipinski definition) is 6. The fourth-order valence-corrected chi connectivity index (χ4v) is 3.90. The molecule has 0 radical (unpaired) electrons. The molecular weight excluding hydrogens is 409 g/mol. The third kappa shape index (κ3) is 3.71. The van der Waals surface area contributed by atoms with Crippen LogP contribution in [-0.2, 0) is 6.18 Å². The summed E-state index contributed by atoms with van der Waals surface area (Å²) < 4.78 is 42.6. The summed E-state index contributed by atoms with van der Waals surface area (Å²) in [6, 6.07) is 7.99. The van der Waals surface area contributed by atoms with E-state index in [2.05, 4.69) is 30.4 Å². The molecular formula is C20H19F3N8. The second-order valence-corrected chi connectivity index (χ2v) is 7.64. The number of fused-ring (bicyclic) bond motifs is 1. The molecule has 5 rings (SSSR count). The Labute approximate surface area is 175 Å². The number of nitrogens with zero attached hydrogens (tertiary/aromatic N) is 8. The molecule has 160 valence electrons. The van der Waals surface area contributed by atoms with Crippen LogP contribution >= 0.6 is 0 Å². The Bertz CT molecular complexity index is 1210. The maximum atomic E-state index is 13.2. The van der Waals surface area contributed by atoms with E-state index in [4.69, 9.17) is 0 Å².